The van der Waals surface area contributed by atoms with Crippen molar-refractivity contribution in [2.45, 2.75) is 19.7 Å². The topological polar surface area (TPSA) is 118 Å². The quantitative estimate of drug-likeness (QED) is 0.491. The van der Waals surface area contributed by atoms with E-state index in [9.17, 15) is 32.7 Å². The monoisotopic (exact) mass is 484 g/mol. The zero-order valence-corrected chi connectivity index (χ0v) is 17.6. The van der Waals surface area contributed by atoms with Crippen molar-refractivity contribution in [1.29, 1.82) is 0 Å². The fourth-order valence-electron chi connectivity index (χ4n) is 3.30. The third-order valence-corrected chi connectivity index (χ3v) is 5.02. The number of hydrogen-bond acceptors (Lipinski definition) is 5. The van der Waals surface area contributed by atoms with Gasteiger partial charge < -0.3 is 20.3 Å². The number of carbonyl (C=O) groups is 3. The first-order valence-electron chi connectivity index (χ1n) is 9.28. The van der Waals surface area contributed by atoms with Gasteiger partial charge in [-0.15, -0.1) is 13.2 Å². The summed E-state index contributed by atoms with van der Waals surface area (Å²) in [5.41, 5.74) is 0.913. The van der Waals surface area contributed by atoms with Gasteiger partial charge in [-0.05, 0) is 48.9 Å². The van der Waals surface area contributed by atoms with Crippen molar-refractivity contribution in [3.63, 3.8) is 0 Å². The van der Waals surface area contributed by atoms with Crippen molar-refractivity contribution >= 4 is 40.3 Å². The minimum atomic E-state index is -4.88. The average Bonchev–Trinajstić information content (AvgIpc) is 2.96. The van der Waals surface area contributed by atoms with Crippen molar-refractivity contribution in [3.05, 3.63) is 58.2 Å². The predicted molar refractivity (Wildman–Crippen MR) is 111 cm³/mol. The molecule has 33 heavy (non-hydrogen) atoms. The minimum absolute atomic E-state index is 0.0237. The van der Waals surface area contributed by atoms with E-state index < -0.39 is 36.4 Å². The Morgan fingerprint density at radius 2 is 1.79 bits per heavy atom. The van der Waals surface area contributed by atoms with Gasteiger partial charge in [0.2, 0.25) is 5.91 Å². The number of aromatic nitrogens is 1. The Kier molecular flexibility index (Phi) is 6.54. The Hall–Kier alpha value is -3.73. The lowest BCUT2D eigenvalue weighted by atomic mass is 10.1. The first kappa shape index (κ1) is 23.9. The molecular formula is C21H16ClF3N2O6. The zero-order chi connectivity index (χ0) is 24.5. The van der Waals surface area contributed by atoms with Crippen LogP contribution in [0.3, 0.4) is 0 Å². The highest BCUT2D eigenvalue weighted by Crippen LogP contribution is 2.35. The third kappa shape index (κ3) is 5.37. The Bertz CT molecular complexity index is 1250. The van der Waals surface area contributed by atoms with Gasteiger partial charge in [-0.1, -0.05) is 11.6 Å². The molecular weight excluding hydrogens is 469 g/mol. The minimum Gasteiger partial charge on any atom is -0.506 e. The van der Waals surface area contributed by atoms with Crippen LogP contribution in [0.5, 0.6) is 11.5 Å². The second-order valence-corrected chi connectivity index (χ2v) is 7.35. The van der Waals surface area contributed by atoms with Crippen molar-refractivity contribution < 1.29 is 42.5 Å². The smallest absolute Gasteiger partial charge is 0.506 e. The average molecular weight is 485 g/mol. The van der Waals surface area contributed by atoms with Gasteiger partial charge >= 0.3 is 12.3 Å². The number of carboxylic acid groups (broad SMARTS) is 1. The maximum Gasteiger partial charge on any atom is 0.573 e. The molecule has 0 aliphatic rings. The molecule has 0 fully saturated rings. The number of carbonyl (C=O) groups excluding carboxylic acids is 2. The molecule has 0 radical (unpaired) electrons. The number of aromatic hydroxyl groups is 1. The van der Waals surface area contributed by atoms with Gasteiger partial charge in [-0.25, -0.2) is 0 Å². The summed E-state index contributed by atoms with van der Waals surface area (Å²) in [5, 5.41) is 21.2. The number of phenolic OH excluding ortho intramolecular Hbond substituents is 1. The lowest BCUT2D eigenvalue weighted by Crippen LogP contribution is -2.30. The fraction of sp³-hybridized carbons (Fsp3) is 0.190. The summed E-state index contributed by atoms with van der Waals surface area (Å²) >= 11 is 6.00. The van der Waals surface area contributed by atoms with Gasteiger partial charge in [-0.2, -0.15) is 0 Å². The number of ether oxygens (including phenoxy) is 1. The molecule has 8 nitrogen and oxygen atoms in total. The van der Waals surface area contributed by atoms with Crippen LogP contribution in [0, 0.1) is 6.92 Å². The van der Waals surface area contributed by atoms with E-state index in [1.807, 2.05) is 0 Å². The molecule has 1 aromatic heterocycles. The van der Waals surface area contributed by atoms with Gasteiger partial charge in [0.15, 0.2) is 0 Å². The van der Waals surface area contributed by atoms with E-state index in [0.717, 1.165) is 24.3 Å². The Balaban J connectivity index is 2.04. The number of aliphatic carboxylic acids is 1. The molecule has 0 saturated heterocycles. The number of benzene rings is 2. The Morgan fingerprint density at radius 1 is 1.15 bits per heavy atom. The lowest BCUT2D eigenvalue weighted by Gasteiger charge is -2.11. The van der Waals surface area contributed by atoms with Crippen molar-refractivity contribution in [2.75, 3.05) is 6.54 Å². The van der Waals surface area contributed by atoms with E-state index in [1.165, 1.54) is 23.6 Å². The van der Waals surface area contributed by atoms with Crippen LogP contribution in [-0.4, -0.2) is 45.5 Å². The molecule has 0 saturated carbocycles. The zero-order valence-electron chi connectivity index (χ0n) is 16.9. The summed E-state index contributed by atoms with van der Waals surface area (Å²) in [4.78, 5) is 36.1. The van der Waals surface area contributed by atoms with E-state index in [1.54, 1.807) is 0 Å². The highest BCUT2D eigenvalue weighted by atomic mass is 35.5. The van der Waals surface area contributed by atoms with E-state index in [0.29, 0.717) is 16.6 Å². The summed E-state index contributed by atoms with van der Waals surface area (Å²) in [6.07, 6.45) is -5.18. The van der Waals surface area contributed by atoms with Crippen LogP contribution < -0.4 is 10.1 Å². The summed E-state index contributed by atoms with van der Waals surface area (Å²) < 4.78 is 42.1. The summed E-state index contributed by atoms with van der Waals surface area (Å²) in [7, 11) is 0. The van der Waals surface area contributed by atoms with Gasteiger partial charge in [0.05, 0.1) is 17.0 Å². The number of halogens is 4. The van der Waals surface area contributed by atoms with Crippen molar-refractivity contribution in [3.8, 4) is 11.5 Å². The van der Waals surface area contributed by atoms with Crippen LogP contribution in [0.4, 0.5) is 13.2 Å². The molecule has 174 valence electrons. The van der Waals surface area contributed by atoms with Gasteiger partial charge in [-0.3, -0.25) is 19.0 Å². The molecule has 3 aromatic rings. The number of nitrogens with one attached hydrogen (secondary N) is 1. The highest BCUT2D eigenvalue weighted by molar-refractivity contribution is 6.33. The summed E-state index contributed by atoms with van der Waals surface area (Å²) in [6.45, 7) is 0.933. The first-order valence-corrected chi connectivity index (χ1v) is 9.66. The van der Waals surface area contributed by atoms with Crippen molar-refractivity contribution in [2.24, 2.45) is 0 Å². The first-order chi connectivity index (χ1) is 15.4. The number of phenols is 1. The van der Waals surface area contributed by atoms with E-state index in [4.69, 9.17) is 16.7 Å². The number of rotatable bonds is 6. The number of nitrogens with zero attached hydrogens (tertiary/aromatic N) is 1. The molecule has 0 aliphatic carbocycles. The summed E-state index contributed by atoms with van der Waals surface area (Å²) in [6, 6.07) is 6.86. The standard InChI is InChI=1S/C21H16ClF3N2O6/c1-10-13(7-18(29)26-9-19(30)31)14-6-17(28)15(22)8-16(14)27(10)20(32)11-2-4-12(5-3-11)33-21(23,24)25/h2-6,8,28H,7,9H2,1H3,(H,26,29)(H,30,31). The van der Waals surface area contributed by atoms with Crippen LogP contribution in [0.2, 0.25) is 5.02 Å². The molecule has 0 bridgehead atoms. The molecule has 1 amide bonds. The SMILES string of the molecule is Cc1c(CC(=O)NCC(=O)O)c2cc(O)c(Cl)cc2n1C(=O)c1ccc(OC(F)(F)F)cc1. The predicted octanol–water partition coefficient (Wildman–Crippen LogP) is 3.64. The fourth-order valence-corrected chi connectivity index (χ4v) is 3.46. The molecule has 1 heterocycles. The molecule has 3 rings (SSSR count). The van der Waals surface area contributed by atoms with E-state index in [2.05, 4.69) is 10.1 Å². The largest absolute Gasteiger partial charge is 0.573 e. The maximum absolute atomic E-state index is 13.2. The van der Waals surface area contributed by atoms with E-state index >= 15 is 0 Å². The van der Waals surface area contributed by atoms with E-state index in [-0.39, 0.29) is 28.3 Å². The van der Waals surface area contributed by atoms with Crippen LogP contribution >= 0.6 is 11.6 Å². The lowest BCUT2D eigenvalue weighted by molar-refractivity contribution is -0.274. The van der Waals surface area contributed by atoms with Crippen LogP contribution in [0.1, 0.15) is 21.6 Å². The number of carboxylic acids is 1. The van der Waals surface area contributed by atoms with Crippen LogP contribution in [-0.2, 0) is 16.0 Å². The van der Waals surface area contributed by atoms with Gasteiger partial charge in [0, 0.05) is 16.6 Å². The van der Waals surface area contributed by atoms with Gasteiger partial charge in [0.25, 0.3) is 5.91 Å². The molecule has 0 spiro atoms. The maximum atomic E-state index is 13.2. The number of fused-ring (bicyclic) bond motifs is 1. The van der Waals surface area contributed by atoms with Crippen molar-refractivity contribution in [1.82, 2.24) is 9.88 Å². The molecule has 12 heteroatoms. The number of alkyl halides is 3. The third-order valence-electron chi connectivity index (χ3n) is 4.72. The molecule has 2 aromatic carbocycles. The molecule has 0 atom stereocenters. The highest BCUT2D eigenvalue weighted by Gasteiger charge is 2.31. The second-order valence-electron chi connectivity index (χ2n) is 6.94. The van der Waals surface area contributed by atoms with Crippen LogP contribution in [0.15, 0.2) is 36.4 Å². The van der Waals surface area contributed by atoms with Gasteiger partial charge in [0.1, 0.15) is 18.0 Å². The summed E-state index contributed by atoms with van der Waals surface area (Å²) in [5.74, 6) is -3.29. The molecule has 3 N–H and O–H groups in total. The molecule has 0 unspecified atom stereocenters. The Labute approximate surface area is 189 Å². The Morgan fingerprint density at radius 3 is 2.36 bits per heavy atom. The number of hydrogen-bond donors (Lipinski definition) is 3. The normalized spacial score (nSPS) is 11.4. The van der Waals surface area contributed by atoms with Crippen LogP contribution in [0.25, 0.3) is 10.9 Å². The molecule has 0 aliphatic heterocycles. The number of amides is 1. The second kappa shape index (κ2) is 9.02.